The van der Waals surface area contributed by atoms with Gasteiger partial charge in [-0.1, -0.05) is 29.4 Å². The molecule has 4 N–H and O–H groups in total. The van der Waals surface area contributed by atoms with Gasteiger partial charge >= 0.3 is 0 Å². The first-order valence-corrected chi connectivity index (χ1v) is 5.22. The Morgan fingerprint density at radius 3 is 2.88 bits per heavy atom. The van der Waals surface area contributed by atoms with Gasteiger partial charge in [0.1, 0.15) is 5.82 Å². The number of hydrogen-bond donors (Lipinski definition) is 3. The van der Waals surface area contributed by atoms with Gasteiger partial charge in [-0.25, -0.2) is 4.39 Å². The monoisotopic (exact) mass is 257 g/mol. The van der Waals surface area contributed by atoms with Gasteiger partial charge < -0.3 is 16.3 Å². The van der Waals surface area contributed by atoms with E-state index in [2.05, 4.69) is 17.1 Å². The van der Waals surface area contributed by atoms with Crippen LogP contribution in [0.25, 0.3) is 0 Å². The molecule has 0 bridgehead atoms. The standard InChI is InChI=1S/C11H13ClFN3O/c1-7(12)5-15-6-8-2-3-9(13)4-10(8)11(14)16-17/h2-4,15,17H,1,5-6H2,(H2,14,16). The molecule has 0 heterocycles. The molecule has 1 aromatic carbocycles. The molecule has 0 aromatic heterocycles. The van der Waals surface area contributed by atoms with E-state index in [1.54, 1.807) is 6.07 Å². The summed E-state index contributed by atoms with van der Waals surface area (Å²) in [5.74, 6) is -0.580. The van der Waals surface area contributed by atoms with Gasteiger partial charge in [-0.3, -0.25) is 0 Å². The van der Waals surface area contributed by atoms with Gasteiger partial charge in [0.25, 0.3) is 0 Å². The summed E-state index contributed by atoms with van der Waals surface area (Å²) in [4.78, 5) is 0. The second-order valence-electron chi connectivity index (χ2n) is 3.41. The van der Waals surface area contributed by atoms with Crippen molar-refractivity contribution in [2.45, 2.75) is 6.54 Å². The molecule has 0 fully saturated rings. The van der Waals surface area contributed by atoms with Crippen LogP contribution in [0.5, 0.6) is 0 Å². The van der Waals surface area contributed by atoms with E-state index in [0.29, 0.717) is 29.2 Å². The molecule has 0 aliphatic carbocycles. The van der Waals surface area contributed by atoms with E-state index in [1.165, 1.54) is 12.1 Å². The van der Waals surface area contributed by atoms with Crippen LogP contribution in [0.3, 0.4) is 0 Å². The molecule has 0 saturated heterocycles. The molecular weight excluding hydrogens is 245 g/mol. The Hall–Kier alpha value is -1.59. The summed E-state index contributed by atoms with van der Waals surface area (Å²) in [6.45, 7) is 4.37. The van der Waals surface area contributed by atoms with Crippen molar-refractivity contribution < 1.29 is 9.60 Å². The highest BCUT2D eigenvalue weighted by atomic mass is 35.5. The van der Waals surface area contributed by atoms with Crippen LogP contribution < -0.4 is 11.1 Å². The van der Waals surface area contributed by atoms with Crippen LogP contribution in [0, 0.1) is 5.82 Å². The van der Waals surface area contributed by atoms with Crippen molar-refractivity contribution >= 4 is 17.4 Å². The largest absolute Gasteiger partial charge is 0.409 e. The second kappa shape index (κ2) is 6.22. The van der Waals surface area contributed by atoms with Gasteiger partial charge in [0.05, 0.1) is 0 Å². The summed E-state index contributed by atoms with van der Waals surface area (Å²) in [5.41, 5.74) is 6.51. The van der Waals surface area contributed by atoms with Gasteiger partial charge in [-0.2, -0.15) is 0 Å². The number of benzene rings is 1. The summed E-state index contributed by atoms with van der Waals surface area (Å²) in [6.07, 6.45) is 0. The van der Waals surface area contributed by atoms with E-state index in [9.17, 15) is 4.39 Å². The normalized spacial score (nSPS) is 11.5. The average molecular weight is 258 g/mol. The zero-order valence-corrected chi connectivity index (χ0v) is 9.84. The van der Waals surface area contributed by atoms with Crippen molar-refractivity contribution in [1.29, 1.82) is 0 Å². The van der Waals surface area contributed by atoms with Gasteiger partial charge in [-0.05, 0) is 17.7 Å². The third kappa shape index (κ3) is 4.05. The van der Waals surface area contributed by atoms with Crippen molar-refractivity contribution in [1.82, 2.24) is 5.32 Å². The number of nitrogens with two attached hydrogens (primary N) is 1. The smallest absolute Gasteiger partial charge is 0.170 e. The summed E-state index contributed by atoms with van der Waals surface area (Å²) in [7, 11) is 0. The Labute approximate surface area is 104 Å². The predicted octanol–water partition coefficient (Wildman–Crippen LogP) is 1.76. The molecule has 0 unspecified atom stereocenters. The summed E-state index contributed by atoms with van der Waals surface area (Å²) < 4.78 is 13.0. The zero-order valence-electron chi connectivity index (χ0n) is 9.08. The number of halogens is 2. The van der Waals surface area contributed by atoms with Crippen LogP contribution in [-0.4, -0.2) is 17.6 Å². The minimum Gasteiger partial charge on any atom is -0.409 e. The highest BCUT2D eigenvalue weighted by molar-refractivity contribution is 6.29. The number of nitrogens with one attached hydrogen (secondary N) is 1. The van der Waals surface area contributed by atoms with Crippen LogP contribution in [0.4, 0.5) is 4.39 Å². The van der Waals surface area contributed by atoms with E-state index in [-0.39, 0.29) is 5.84 Å². The Bertz CT molecular complexity index is 448. The van der Waals surface area contributed by atoms with Crippen molar-refractivity contribution in [3.8, 4) is 0 Å². The maximum atomic E-state index is 13.0. The second-order valence-corrected chi connectivity index (χ2v) is 3.94. The summed E-state index contributed by atoms with van der Waals surface area (Å²) in [5, 5.41) is 14.9. The van der Waals surface area contributed by atoms with Crippen LogP contribution >= 0.6 is 11.6 Å². The molecule has 6 heteroatoms. The lowest BCUT2D eigenvalue weighted by molar-refractivity contribution is 0.318. The van der Waals surface area contributed by atoms with Crippen molar-refractivity contribution in [2.24, 2.45) is 10.9 Å². The van der Waals surface area contributed by atoms with E-state index in [4.69, 9.17) is 22.5 Å². The van der Waals surface area contributed by atoms with Gasteiger partial charge in [0, 0.05) is 23.7 Å². The molecule has 0 aliphatic rings. The predicted molar refractivity (Wildman–Crippen MR) is 65.6 cm³/mol. The Morgan fingerprint density at radius 1 is 1.59 bits per heavy atom. The van der Waals surface area contributed by atoms with Crippen molar-refractivity contribution in [2.75, 3.05) is 6.54 Å². The first kappa shape index (κ1) is 13.5. The van der Waals surface area contributed by atoms with Crippen molar-refractivity contribution in [3.05, 3.63) is 46.8 Å². The number of hydrogen-bond acceptors (Lipinski definition) is 3. The van der Waals surface area contributed by atoms with E-state index in [1.807, 2.05) is 0 Å². The third-order valence-electron chi connectivity index (χ3n) is 2.09. The maximum Gasteiger partial charge on any atom is 0.170 e. The van der Waals surface area contributed by atoms with Crippen LogP contribution in [0.15, 0.2) is 35.0 Å². The first-order chi connectivity index (χ1) is 8.04. The minimum absolute atomic E-state index is 0.133. The van der Waals surface area contributed by atoms with E-state index >= 15 is 0 Å². The molecule has 0 spiro atoms. The quantitative estimate of drug-likeness (QED) is 0.326. The lowest BCUT2D eigenvalue weighted by atomic mass is 10.1. The summed E-state index contributed by atoms with van der Waals surface area (Å²) >= 11 is 5.59. The van der Waals surface area contributed by atoms with Crippen LogP contribution in [0.2, 0.25) is 0 Å². The van der Waals surface area contributed by atoms with Crippen LogP contribution in [0.1, 0.15) is 11.1 Å². The van der Waals surface area contributed by atoms with Crippen molar-refractivity contribution in [3.63, 3.8) is 0 Å². The minimum atomic E-state index is -0.447. The maximum absolute atomic E-state index is 13.0. The number of rotatable bonds is 5. The van der Waals surface area contributed by atoms with Crippen LogP contribution in [-0.2, 0) is 6.54 Å². The summed E-state index contributed by atoms with van der Waals surface area (Å²) in [6, 6.07) is 4.08. The SMILES string of the molecule is C=C(Cl)CNCc1ccc(F)cc1/C(N)=N\O. The number of oxime groups is 1. The topological polar surface area (TPSA) is 70.6 Å². The molecule has 92 valence electrons. The van der Waals surface area contributed by atoms with Gasteiger partial charge in [-0.15, -0.1) is 0 Å². The fourth-order valence-electron chi connectivity index (χ4n) is 1.33. The highest BCUT2D eigenvalue weighted by Gasteiger charge is 2.08. The van der Waals surface area contributed by atoms with E-state index in [0.717, 1.165) is 0 Å². The molecule has 0 atom stereocenters. The number of nitrogens with zero attached hydrogens (tertiary/aromatic N) is 1. The molecule has 0 amide bonds. The molecule has 0 radical (unpaired) electrons. The van der Waals surface area contributed by atoms with E-state index < -0.39 is 5.82 Å². The lowest BCUT2D eigenvalue weighted by Gasteiger charge is -2.09. The molecule has 0 saturated carbocycles. The Balaban J connectivity index is 2.87. The Morgan fingerprint density at radius 2 is 2.29 bits per heavy atom. The molecule has 0 aliphatic heterocycles. The fourth-order valence-corrected chi connectivity index (χ4v) is 1.42. The molecule has 1 aromatic rings. The van der Waals surface area contributed by atoms with Gasteiger partial charge in [0.2, 0.25) is 0 Å². The van der Waals surface area contributed by atoms with Gasteiger partial charge in [0.15, 0.2) is 5.84 Å². The highest BCUT2D eigenvalue weighted by Crippen LogP contribution is 2.11. The fraction of sp³-hybridized carbons (Fsp3) is 0.182. The zero-order chi connectivity index (χ0) is 12.8. The average Bonchev–Trinajstić information content (AvgIpc) is 2.29. The first-order valence-electron chi connectivity index (χ1n) is 4.85. The number of amidine groups is 1. The lowest BCUT2D eigenvalue weighted by Crippen LogP contribution is -2.21. The molecular formula is C11H13ClFN3O. The molecule has 17 heavy (non-hydrogen) atoms. The third-order valence-corrected chi connectivity index (χ3v) is 2.22. The molecule has 4 nitrogen and oxygen atoms in total. The Kier molecular flexibility index (Phi) is 4.93. The molecule has 1 rings (SSSR count).